The number of rotatable bonds is 5. The number of aliphatic hydroxyl groups is 1. The molecule has 1 saturated carbocycles. The van der Waals surface area contributed by atoms with Crippen LogP contribution in [0.2, 0.25) is 0 Å². The van der Waals surface area contributed by atoms with E-state index in [1.54, 1.807) is 0 Å². The lowest BCUT2D eigenvalue weighted by atomic mass is 9.84. The summed E-state index contributed by atoms with van der Waals surface area (Å²) in [6.07, 6.45) is 3.55. The zero-order chi connectivity index (χ0) is 16.2. The highest BCUT2D eigenvalue weighted by molar-refractivity contribution is 5.72. The first-order valence-electron chi connectivity index (χ1n) is 8.03. The molecule has 0 saturated heterocycles. The topological polar surface area (TPSA) is 58.6 Å². The quantitative estimate of drug-likeness (QED) is 0.821. The van der Waals surface area contributed by atoms with Gasteiger partial charge in [-0.05, 0) is 45.1 Å². The molecular weight excluding hydrogens is 278 g/mol. The Morgan fingerprint density at radius 1 is 1.23 bits per heavy atom. The van der Waals surface area contributed by atoms with Crippen LogP contribution in [-0.2, 0) is 9.53 Å². The van der Waals surface area contributed by atoms with Crippen LogP contribution in [0.4, 0.5) is 0 Å². The standard InChI is InChI=1S/C18H27NO3/c1-18(2,21)16(13-7-5-4-6-8-13)19-15-11-9-14(10-12-15)17(20)22-3/h4-8,14-16,19,21H,9-12H2,1-3H3. The van der Waals surface area contributed by atoms with Gasteiger partial charge in [0.2, 0.25) is 0 Å². The van der Waals surface area contributed by atoms with Crippen molar-refractivity contribution in [2.75, 3.05) is 7.11 Å². The third-order valence-corrected chi connectivity index (χ3v) is 4.50. The molecule has 0 amide bonds. The first kappa shape index (κ1) is 17.0. The Kier molecular flexibility index (Phi) is 5.59. The van der Waals surface area contributed by atoms with Gasteiger partial charge >= 0.3 is 5.97 Å². The van der Waals surface area contributed by atoms with Gasteiger partial charge in [-0.2, -0.15) is 0 Å². The molecule has 1 unspecified atom stereocenters. The maximum Gasteiger partial charge on any atom is 0.308 e. The van der Waals surface area contributed by atoms with Gasteiger partial charge in [0, 0.05) is 6.04 Å². The van der Waals surface area contributed by atoms with Gasteiger partial charge in [0.25, 0.3) is 0 Å². The summed E-state index contributed by atoms with van der Waals surface area (Å²) in [7, 11) is 1.45. The largest absolute Gasteiger partial charge is 0.469 e. The highest BCUT2D eigenvalue weighted by Gasteiger charge is 2.33. The molecule has 0 bridgehead atoms. The molecule has 0 heterocycles. The van der Waals surface area contributed by atoms with Crippen molar-refractivity contribution >= 4 is 5.97 Å². The van der Waals surface area contributed by atoms with Crippen LogP contribution in [0.25, 0.3) is 0 Å². The molecule has 0 radical (unpaired) electrons. The van der Waals surface area contributed by atoms with Crippen molar-refractivity contribution in [1.29, 1.82) is 0 Å². The van der Waals surface area contributed by atoms with Crippen LogP contribution in [0, 0.1) is 5.92 Å². The van der Waals surface area contributed by atoms with Crippen LogP contribution in [-0.4, -0.2) is 29.8 Å². The first-order chi connectivity index (χ1) is 10.4. The fourth-order valence-electron chi connectivity index (χ4n) is 3.25. The Bertz CT molecular complexity index is 473. The molecule has 4 nitrogen and oxygen atoms in total. The molecule has 1 aliphatic carbocycles. The minimum atomic E-state index is -0.847. The van der Waals surface area contributed by atoms with Gasteiger partial charge < -0.3 is 15.2 Å². The van der Waals surface area contributed by atoms with Crippen molar-refractivity contribution in [2.45, 2.75) is 57.2 Å². The summed E-state index contributed by atoms with van der Waals surface area (Å²) in [5.74, 6) is -0.0686. The second kappa shape index (κ2) is 7.25. The summed E-state index contributed by atoms with van der Waals surface area (Å²) in [6.45, 7) is 3.66. The Hall–Kier alpha value is -1.39. The van der Waals surface area contributed by atoms with Crippen molar-refractivity contribution in [3.63, 3.8) is 0 Å². The van der Waals surface area contributed by atoms with Crippen LogP contribution in [0.3, 0.4) is 0 Å². The Balaban J connectivity index is 2.00. The van der Waals surface area contributed by atoms with Crippen LogP contribution in [0.15, 0.2) is 30.3 Å². The number of carbonyl (C=O) groups is 1. The summed E-state index contributed by atoms with van der Waals surface area (Å²) >= 11 is 0. The van der Waals surface area contributed by atoms with E-state index < -0.39 is 5.60 Å². The van der Waals surface area contributed by atoms with E-state index in [4.69, 9.17) is 4.74 Å². The van der Waals surface area contributed by atoms with Crippen molar-refractivity contribution in [1.82, 2.24) is 5.32 Å². The maximum absolute atomic E-state index is 11.6. The Labute approximate surface area is 132 Å². The van der Waals surface area contributed by atoms with Crippen molar-refractivity contribution in [3.8, 4) is 0 Å². The van der Waals surface area contributed by atoms with E-state index in [1.807, 2.05) is 44.2 Å². The lowest BCUT2D eigenvalue weighted by Crippen LogP contribution is -2.45. The molecule has 1 aromatic rings. The van der Waals surface area contributed by atoms with E-state index in [0.717, 1.165) is 31.2 Å². The van der Waals surface area contributed by atoms with Gasteiger partial charge in [0.15, 0.2) is 0 Å². The molecule has 0 spiro atoms. The van der Waals surface area contributed by atoms with E-state index in [1.165, 1.54) is 7.11 Å². The van der Waals surface area contributed by atoms with Gasteiger partial charge in [-0.3, -0.25) is 4.79 Å². The molecule has 1 fully saturated rings. The number of hydrogen-bond donors (Lipinski definition) is 2. The van der Waals surface area contributed by atoms with Gasteiger partial charge in [0.1, 0.15) is 0 Å². The summed E-state index contributed by atoms with van der Waals surface area (Å²) in [5, 5.41) is 14.1. The van der Waals surface area contributed by atoms with Crippen molar-refractivity contribution in [3.05, 3.63) is 35.9 Å². The monoisotopic (exact) mass is 305 g/mol. The highest BCUT2D eigenvalue weighted by Crippen LogP contribution is 2.31. The summed E-state index contributed by atoms with van der Waals surface area (Å²) in [5.41, 5.74) is 0.241. The van der Waals surface area contributed by atoms with Gasteiger partial charge in [-0.1, -0.05) is 30.3 Å². The van der Waals surface area contributed by atoms with Crippen LogP contribution >= 0.6 is 0 Å². The molecule has 0 aliphatic heterocycles. The number of methoxy groups -OCH3 is 1. The Morgan fingerprint density at radius 3 is 2.32 bits per heavy atom. The number of benzene rings is 1. The summed E-state index contributed by atoms with van der Waals surface area (Å²) < 4.78 is 4.83. The van der Waals surface area contributed by atoms with E-state index in [2.05, 4.69) is 5.32 Å². The number of nitrogens with one attached hydrogen (secondary N) is 1. The molecule has 0 aromatic heterocycles. The third kappa shape index (κ3) is 4.31. The second-order valence-electron chi connectivity index (χ2n) is 6.74. The number of ether oxygens (including phenoxy) is 1. The average molecular weight is 305 g/mol. The SMILES string of the molecule is COC(=O)C1CCC(NC(c2ccccc2)C(C)(C)O)CC1. The van der Waals surface area contributed by atoms with Gasteiger partial charge in [-0.25, -0.2) is 0 Å². The molecule has 1 aliphatic rings. The predicted octanol–water partition coefficient (Wildman–Crippen LogP) is 2.82. The molecule has 22 heavy (non-hydrogen) atoms. The molecular formula is C18H27NO3. The Morgan fingerprint density at radius 2 is 1.82 bits per heavy atom. The zero-order valence-electron chi connectivity index (χ0n) is 13.7. The van der Waals surface area contributed by atoms with Crippen molar-refractivity contribution in [2.24, 2.45) is 5.92 Å². The lowest BCUT2D eigenvalue weighted by Gasteiger charge is -2.36. The van der Waals surface area contributed by atoms with Crippen LogP contribution < -0.4 is 5.32 Å². The number of esters is 1. The first-order valence-corrected chi connectivity index (χ1v) is 8.03. The fraction of sp³-hybridized carbons (Fsp3) is 0.611. The van der Waals surface area contributed by atoms with Crippen molar-refractivity contribution < 1.29 is 14.6 Å². The minimum Gasteiger partial charge on any atom is -0.469 e. The molecule has 4 heteroatoms. The third-order valence-electron chi connectivity index (χ3n) is 4.50. The molecule has 1 aromatic carbocycles. The van der Waals surface area contributed by atoms with Crippen LogP contribution in [0.1, 0.15) is 51.1 Å². The van der Waals surface area contributed by atoms with Crippen LogP contribution in [0.5, 0.6) is 0 Å². The molecule has 1 atom stereocenters. The number of hydrogen-bond acceptors (Lipinski definition) is 4. The van der Waals surface area contributed by atoms with Gasteiger partial charge in [-0.15, -0.1) is 0 Å². The summed E-state index contributed by atoms with van der Waals surface area (Å²) in [4.78, 5) is 11.6. The van der Waals surface area contributed by atoms with E-state index >= 15 is 0 Å². The molecule has 2 rings (SSSR count). The molecule has 2 N–H and O–H groups in total. The highest BCUT2D eigenvalue weighted by atomic mass is 16.5. The predicted molar refractivity (Wildman–Crippen MR) is 86.4 cm³/mol. The normalized spacial score (nSPS) is 23.8. The van der Waals surface area contributed by atoms with E-state index in [-0.39, 0.29) is 17.9 Å². The lowest BCUT2D eigenvalue weighted by molar-refractivity contribution is -0.146. The van der Waals surface area contributed by atoms with Gasteiger partial charge in [0.05, 0.1) is 24.7 Å². The molecule has 122 valence electrons. The zero-order valence-corrected chi connectivity index (χ0v) is 13.7. The van der Waals surface area contributed by atoms with E-state index in [0.29, 0.717) is 6.04 Å². The van der Waals surface area contributed by atoms with E-state index in [9.17, 15) is 9.90 Å². The fourth-order valence-corrected chi connectivity index (χ4v) is 3.25. The average Bonchev–Trinajstić information content (AvgIpc) is 2.52. The maximum atomic E-state index is 11.6. The smallest absolute Gasteiger partial charge is 0.308 e. The minimum absolute atomic E-state index is 0.0281. The second-order valence-corrected chi connectivity index (χ2v) is 6.74. The number of carbonyl (C=O) groups excluding carboxylic acids is 1. The summed E-state index contributed by atoms with van der Waals surface area (Å²) in [6, 6.07) is 10.2.